The van der Waals surface area contributed by atoms with Crippen LogP contribution in [0.2, 0.25) is 0 Å². The first-order chi connectivity index (χ1) is 13.5. The van der Waals surface area contributed by atoms with Gasteiger partial charge in [-0.25, -0.2) is 0 Å². The summed E-state index contributed by atoms with van der Waals surface area (Å²) >= 11 is 0. The zero-order valence-electron chi connectivity index (χ0n) is 17.7. The molecule has 0 radical (unpaired) electrons. The van der Waals surface area contributed by atoms with Crippen molar-refractivity contribution >= 4 is 5.91 Å². The van der Waals surface area contributed by atoms with Crippen molar-refractivity contribution in [3.8, 4) is 0 Å². The van der Waals surface area contributed by atoms with E-state index in [0.717, 1.165) is 44.9 Å². The van der Waals surface area contributed by atoms with Crippen molar-refractivity contribution in [1.29, 1.82) is 0 Å². The summed E-state index contributed by atoms with van der Waals surface area (Å²) in [4.78, 5) is 13.3. The maximum Gasteiger partial charge on any atom is 0.222 e. The first-order valence-electron chi connectivity index (χ1n) is 11.4. The smallest absolute Gasteiger partial charge is 0.222 e. The molecule has 5 atom stereocenters. The molecule has 1 amide bonds. The van der Waals surface area contributed by atoms with Crippen LogP contribution >= 0.6 is 0 Å². The molecule has 0 aromatic carbocycles. The Hall–Kier alpha value is -1.13. The van der Waals surface area contributed by atoms with Crippen LogP contribution in [0.1, 0.15) is 70.6 Å². The second-order valence-electron chi connectivity index (χ2n) is 9.51. The van der Waals surface area contributed by atoms with E-state index >= 15 is 0 Å². The number of hydrogen-bond donors (Lipinski definition) is 2. The molecule has 0 aromatic heterocycles. The fourth-order valence-corrected chi connectivity index (χ4v) is 5.52. The van der Waals surface area contributed by atoms with E-state index in [1.54, 1.807) is 4.90 Å². The van der Waals surface area contributed by atoms with Crippen molar-refractivity contribution in [3.05, 3.63) is 23.8 Å². The van der Waals surface area contributed by atoms with Crippen LogP contribution in [0.15, 0.2) is 23.8 Å². The topological polar surface area (TPSA) is 60.8 Å². The number of fused-ring (bicyclic) bond motifs is 1. The van der Waals surface area contributed by atoms with Crippen LogP contribution in [-0.2, 0) is 4.79 Å². The van der Waals surface area contributed by atoms with Crippen LogP contribution in [0.5, 0.6) is 0 Å². The summed E-state index contributed by atoms with van der Waals surface area (Å²) in [5.74, 6) is 1.76. The number of rotatable bonds is 8. The van der Waals surface area contributed by atoms with Gasteiger partial charge < -0.3 is 15.1 Å². The van der Waals surface area contributed by atoms with Gasteiger partial charge in [-0.3, -0.25) is 4.79 Å². The predicted octanol–water partition coefficient (Wildman–Crippen LogP) is 4.08. The largest absolute Gasteiger partial charge is 0.392 e. The lowest BCUT2D eigenvalue weighted by Crippen LogP contribution is -2.22. The number of unbranched alkanes of at least 4 members (excludes halogenated alkanes) is 1. The standard InChI is InChI=1S/C24H39NO3/c1-25(2)24(28)11-7-6-8-17-14-19-16-23(27)20(21(19)15-17)12-13-22(26)18-9-4-3-5-10-18/h12-14,18-23,26-27H,3-11,15-16H2,1-2H3/b13-12+/t19-,20+,21-,22-,23+/m0/s1. The molecule has 2 N–H and O–H groups in total. The Balaban J connectivity index is 1.45. The Morgan fingerprint density at radius 3 is 2.71 bits per heavy atom. The number of allylic oxidation sites excluding steroid dienone is 2. The maximum atomic E-state index is 11.7. The Morgan fingerprint density at radius 2 is 2.00 bits per heavy atom. The molecular weight excluding hydrogens is 350 g/mol. The van der Waals surface area contributed by atoms with Crippen molar-refractivity contribution in [2.24, 2.45) is 23.7 Å². The van der Waals surface area contributed by atoms with Gasteiger partial charge in [-0.1, -0.05) is 43.1 Å². The second-order valence-corrected chi connectivity index (χ2v) is 9.51. The molecule has 0 bridgehead atoms. The zero-order chi connectivity index (χ0) is 20.1. The van der Waals surface area contributed by atoms with E-state index in [2.05, 4.69) is 12.2 Å². The zero-order valence-corrected chi connectivity index (χ0v) is 17.7. The molecule has 28 heavy (non-hydrogen) atoms. The molecule has 0 saturated heterocycles. The average molecular weight is 390 g/mol. The molecule has 158 valence electrons. The molecule has 0 heterocycles. The van der Waals surface area contributed by atoms with Crippen LogP contribution in [0, 0.1) is 23.7 Å². The lowest BCUT2D eigenvalue weighted by Gasteiger charge is -2.25. The lowest BCUT2D eigenvalue weighted by atomic mass is 9.83. The third-order valence-corrected chi connectivity index (χ3v) is 7.25. The molecule has 3 rings (SSSR count). The molecule has 0 spiro atoms. The molecule has 0 unspecified atom stereocenters. The van der Waals surface area contributed by atoms with Gasteiger partial charge in [-0.2, -0.15) is 0 Å². The fraction of sp³-hybridized carbons (Fsp3) is 0.792. The van der Waals surface area contributed by atoms with Crippen LogP contribution in [0.4, 0.5) is 0 Å². The Bertz CT molecular complexity index is 576. The van der Waals surface area contributed by atoms with Crippen molar-refractivity contribution in [2.45, 2.75) is 82.8 Å². The normalized spacial score (nSPS) is 31.8. The summed E-state index contributed by atoms with van der Waals surface area (Å²) in [6.45, 7) is 0. The maximum absolute atomic E-state index is 11.7. The minimum absolute atomic E-state index is 0.173. The van der Waals surface area contributed by atoms with Gasteiger partial charge >= 0.3 is 0 Å². The monoisotopic (exact) mass is 389 g/mol. The number of carbonyl (C=O) groups excluding carboxylic acids is 1. The summed E-state index contributed by atoms with van der Waals surface area (Å²) < 4.78 is 0. The highest BCUT2D eigenvalue weighted by atomic mass is 16.3. The van der Waals surface area contributed by atoms with E-state index < -0.39 is 0 Å². The van der Waals surface area contributed by atoms with Gasteiger partial charge in [0.25, 0.3) is 0 Å². The number of aliphatic hydroxyl groups excluding tert-OH is 2. The summed E-state index contributed by atoms with van der Waals surface area (Å²) in [7, 11) is 3.63. The Kier molecular flexibility index (Phi) is 7.76. The fourth-order valence-electron chi connectivity index (χ4n) is 5.52. The highest BCUT2D eigenvalue weighted by molar-refractivity contribution is 5.75. The minimum atomic E-state index is -0.352. The van der Waals surface area contributed by atoms with E-state index in [1.807, 2.05) is 20.2 Å². The number of hydrogen-bond acceptors (Lipinski definition) is 3. The quantitative estimate of drug-likeness (QED) is 0.486. The third kappa shape index (κ3) is 5.48. The van der Waals surface area contributed by atoms with E-state index in [9.17, 15) is 15.0 Å². The van der Waals surface area contributed by atoms with Gasteiger partial charge in [0.05, 0.1) is 12.2 Å². The first kappa shape index (κ1) is 21.6. The van der Waals surface area contributed by atoms with Crippen LogP contribution in [-0.4, -0.2) is 47.3 Å². The van der Waals surface area contributed by atoms with E-state index in [0.29, 0.717) is 24.2 Å². The van der Waals surface area contributed by atoms with Crippen LogP contribution in [0.3, 0.4) is 0 Å². The summed E-state index contributed by atoms with van der Waals surface area (Å²) in [5.41, 5.74) is 1.51. The number of aliphatic hydroxyl groups is 2. The summed E-state index contributed by atoms with van der Waals surface area (Å²) in [6.07, 6.45) is 17.5. The van der Waals surface area contributed by atoms with Gasteiger partial charge in [-0.15, -0.1) is 0 Å². The van der Waals surface area contributed by atoms with E-state index in [4.69, 9.17) is 0 Å². The van der Waals surface area contributed by atoms with Gasteiger partial charge in [0.2, 0.25) is 5.91 Å². The van der Waals surface area contributed by atoms with Crippen molar-refractivity contribution in [3.63, 3.8) is 0 Å². The number of carbonyl (C=O) groups is 1. The van der Waals surface area contributed by atoms with Crippen molar-refractivity contribution in [2.75, 3.05) is 14.1 Å². The summed E-state index contributed by atoms with van der Waals surface area (Å²) in [6, 6.07) is 0. The highest BCUT2D eigenvalue weighted by Crippen LogP contribution is 2.48. The molecule has 2 saturated carbocycles. The van der Waals surface area contributed by atoms with Gasteiger partial charge in [0, 0.05) is 26.4 Å². The number of amides is 1. The van der Waals surface area contributed by atoms with Crippen LogP contribution in [0.25, 0.3) is 0 Å². The van der Waals surface area contributed by atoms with E-state index in [1.165, 1.54) is 24.8 Å². The summed E-state index contributed by atoms with van der Waals surface area (Å²) in [5, 5.41) is 21.1. The van der Waals surface area contributed by atoms with Crippen LogP contribution < -0.4 is 0 Å². The predicted molar refractivity (Wildman–Crippen MR) is 113 cm³/mol. The highest BCUT2D eigenvalue weighted by Gasteiger charge is 2.43. The lowest BCUT2D eigenvalue weighted by molar-refractivity contribution is -0.128. The molecule has 4 heteroatoms. The average Bonchev–Trinajstić information content (AvgIpc) is 3.20. The van der Waals surface area contributed by atoms with Crippen molar-refractivity contribution in [1.82, 2.24) is 4.90 Å². The first-order valence-corrected chi connectivity index (χ1v) is 11.4. The van der Waals surface area contributed by atoms with Gasteiger partial charge in [-0.05, 0) is 62.7 Å². The van der Waals surface area contributed by atoms with Gasteiger partial charge in [0.1, 0.15) is 0 Å². The molecule has 2 fully saturated rings. The molecule has 4 nitrogen and oxygen atoms in total. The molecule has 3 aliphatic rings. The van der Waals surface area contributed by atoms with Crippen molar-refractivity contribution < 1.29 is 15.0 Å². The molecule has 3 aliphatic carbocycles. The second kappa shape index (κ2) is 10.1. The van der Waals surface area contributed by atoms with E-state index in [-0.39, 0.29) is 24.0 Å². The number of nitrogens with zero attached hydrogens (tertiary/aromatic N) is 1. The third-order valence-electron chi connectivity index (χ3n) is 7.25. The molecule has 0 aliphatic heterocycles. The molecular formula is C24H39NO3. The minimum Gasteiger partial charge on any atom is -0.392 e. The Labute approximate surface area is 170 Å². The molecule has 0 aromatic rings. The Morgan fingerprint density at radius 1 is 1.25 bits per heavy atom. The SMILES string of the molecule is CN(C)C(=O)CCCCC1=C[C@H]2C[C@@H](O)[C@H](/C=C/[C@H](O)C3CCCCC3)[C@H]2C1. The van der Waals surface area contributed by atoms with Gasteiger partial charge in [0.15, 0.2) is 0 Å².